The van der Waals surface area contributed by atoms with E-state index in [1.165, 1.54) is 5.56 Å². The van der Waals surface area contributed by atoms with E-state index in [-0.39, 0.29) is 39.9 Å². The molecule has 0 spiro atoms. The molecule has 0 N–H and O–H groups in total. The number of hydrogen-bond acceptors (Lipinski definition) is 4. The number of nitrogens with zero attached hydrogens (tertiary/aromatic N) is 2. The van der Waals surface area contributed by atoms with Crippen molar-refractivity contribution in [2.24, 2.45) is 0 Å². The van der Waals surface area contributed by atoms with E-state index in [4.69, 9.17) is 0 Å². The van der Waals surface area contributed by atoms with Gasteiger partial charge >= 0.3 is 0 Å². The summed E-state index contributed by atoms with van der Waals surface area (Å²) in [5.74, 6) is 0.729. The summed E-state index contributed by atoms with van der Waals surface area (Å²) in [4.78, 5) is 24.7. The van der Waals surface area contributed by atoms with Crippen LogP contribution >= 0.6 is 11.8 Å². The lowest BCUT2D eigenvalue weighted by Crippen LogP contribution is -3.00. The molecule has 0 saturated carbocycles. The number of ketones is 1. The Hall–Kier alpha value is -3.03. The van der Waals surface area contributed by atoms with Gasteiger partial charge in [0.2, 0.25) is 12.3 Å². The van der Waals surface area contributed by atoms with Gasteiger partial charge in [-0.25, -0.2) is 0 Å². The number of nitro benzene ring substituents is 1. The Morgan fingerprint density at radius 2 is 1.58 bits per heavy atom. The maximum absolute atomic E-state index is 12.5. The third-order valence-electron chi connectivity index (χ3n) is 4.81. The monoisotopic (exact) mass is 494 g/mol. The Labute approximate surface area is 194 Å². The molecule has 4 rings (SSSR count). The third-order valence-corrected chi connectivity index (χ3v) is 5.95. The summed E-state index contributed by atoms with van der Waals surface area (Å²) in [5.41, 5.74) is 1.84. The fourth-order valence-electron chi connectivity index (χ4n) is 3.29. The number of rotatable bonds is 7. The predicted octanol–water partition coefficient (Wildman–Crippen LogP) is 2.21. The molecule has 1 aromatic heterocycles. The van der Waals surface area contributed by atoms with Crippen LogP contribution in [0.25, 0.3) is 10.8 Å². The fourth-order valence-corrected chi connectivity index (χ4v) is 4.30. The van der Waals surface area contributed by atoms with Crippen LogP contribution in [0.1, 0.15) is 15.9 Å². The van der Waals surface area contributed by atoms with Gasteiger partial charge in [-0.3, -0.25) is 14.9 Å². The van der Waals surface area contributed by atoms with Crippen molar-refractivity contribution in [3.63, 3.8) is 0 Å². The molecule has 3 aromatic carbocycles. The van der Waals surface area contributed by atoms with E-state index in [1.54, 1.807) is 53.0 Å². The molecule has 4 aromatic rings. The van der Waals surface area contributed by atoms with Crippen molar-refractivity contribution in [3.05, 3.63) is 112 Å². The van der Waals surface area contributed by atoms with Gasteiger partial charge < -0.3 is 17.0 Å². The van der Waals surface area contributed by atoms with Crippen LogP contribution in [0.3, 0.4) is 0 Å². The van der Waals surface area contributed by atoms with E-state index in [0.717, 1.165) is 16.0 Å². The molecule has 0 saturated heterocycles. The third kappa shape index (κ3) is 5.37. The van der Waals surface area contributed by atoms with Gasteiger partial charge in [-0.2, -0.15) is 4.57 Å². The number of carbonyl (C=O) groups excluding carboxylic acids is 1. The summed E-state index contributed by atoms with van der Waals surface area (Å²) in [7, 11) is 0. The van der Waals surface area contributed by atoms with Crippen LogP contribution in [0.2, 0.25) is 0 Å². The van der Waals surface area contributed by atoms with Gasteiger partial charge in [0.1, 0.15) is 5.39 Å². The van der Waals surface area contributed by atoms with Crippen molar-refractivity contribution >= 4 is 34.0 Å². The molecular formula is C24H19BrN2O3S. The minimum atomic E-state index is -0.378. The number of non-ortho nitro benzene ring substituents is 1. The molecule has 156 valence electrons. The van der Waals surface area contributed by atoms with Crippen LogP contribution in [0.15, 0.2) is 96.2 Å². The lowest BCUT2D eigenvalue weighted by molar-refractivity contribution is -0.681. The average molecular weight is 495 g/mol. The SMILES string of the molecule is O=C(C[n+]1ccc2c(SCc3ccccc3)ccc([N+](=O)[O-])c2c1)c1ccccc1.[Br-]. The Kier molecular flexibility index (Phi) is 7.55. The molecule has 0 aliphatic carbocycles. The molecule has 0 aliphatic rings. The van der Waals surface area contributed by atoms with Gasteiger partial charge in [-0.1, -0.05) is 60.7 Å². The number of thioether (sulfide) groups is 1. The van der Waals surface area contributed by atoms with Gasteiger partial charge in [-0.15, -0.1) is 11.8 Å². The first-order valence-corrected chi connectivity index (χ1v) is 10.5. The molecule has 0 fully saturated rings. The van der Waals surface area contributed by atoms with Crippen LogP contribution in [-0.4, -0.2) is 10.7 Å². The van der Waals surface area contributed by atoms with E-state index in [9.17, 15) is 14.9 Å². The Balaban J connectivity index is 0.00000272. The van der Waals surface area contributed by atoms with Gasteiger partial charge in [0.25, 0.3) is 5.69 Å². The standard InChI is InChI=1S/C24H19N2O3S.BrH/c27-23(19-9-5-2-6-10-19)16-25-14-13-20-21(15-25)22(26(28)29)11-12-24(20)30-17-18-7-3-1-4-8-18;/h1-15H,16-17H2;1H/q+1;/p-1. The molecule has 0 atom stereocenters. The minimum absolute atomic E-state index is 0. The lowest BCUT2D eigenvalue weighted by Gasteiger charge is -2.07. The van der Waals surface area contributed by atoms with E-state index < -0.39 is 0 Å². The highest BCUT2D eigenvalue weighted by atomic mass is 79.9. The summed E-state index contributed by atoms with van der Waals surface area (Å²) in [6, 6.07) is 24.3. The summed E-state index contributed by atoms with van der Waals surface area (Å²) in [6.07, 6.45) is 3.50. The second kappa shape index (κ2) is 10.3. The first kappa shape index (κ1) is 22.7. The number of carbonyl (C=O) groups is 1. The number of Topliss-reactive ketones (excluding diaryl/α,β-unsaturated/α-hetero) is 1. The molecule has 31 heavy (non-hydrogen) atoms. The highest BCUT2D eigenvalue weighted by Gasteiger charge is 2.20. The van der Waals surface area contributed by atoms with Crippen molar-refractivity contribution in [2.75, 3.05) is 0 Å². The number of fused-ring (bicyclic) bond motifs is 1. The zero-order valence-corrected chi connectivity index (χ0v) is 18.9. The average Bonchev–Trinajstić information content (AvgIpc) is 2.78. The Morgan fingerprint density at radius 1 is 0.903 bits per heavy atom. The number of halogens is 1. The number of aromatic nitrogens is 1. The number of nitro groups is 1. The molecule has 0 amide bonds. The van der Waals surface area contributed by atoms with Gasteiger partial charge in [0.05, 0.1) is 4.92 Å². The van der Waals surface area contributed by atoms with Gasteiger partial charge in [0.15, 0.2) is 12.4 Å². The molecule has 0 unspecified atom stereocenters. The summed E-state index contributed by atoms with van der Waals surface area (Å²) >= 11 is 1.64. The largest absolute Gasteiger partial charge is 1.00 e. The zero-order chi connectivity index (χ0) is 20.9. The lowest BCUT2D eigenvalue weighted by atomic mass is 10.1. The molecular weight excluding hydrogens is 476 g/mol. The number of pyridine rings is 1. The highest BCUT2D eigenvalue weighted by molar-refractivity contribution is 7.98. The maximum atomic E-state index is 12.5. The number of hydrogen-bond donors (Lipinski definition) is 0. The Morgan fingerprint density at radius 3 is 2.26 bits per heavy atom. The summed E-state index contributed by atoms with van der Waals surface area (Å²) in [5, 5.41) is 12.9. The van der Waals surface area contributed by atoms with Crippen molar-refractivity contribution in [1.82, 2.24) is 0 Å². The molecule has 5 nitrogen and oxygen atoms in total. The molecule has 0 aliphatic heterocycles. The van der Waals surface area contributed by atoms with Crippen LogP contribution < -0.4 is 21.5 Å². The van der Waals surface area contributed by atoms with Gasteiger partial charge in [-0.05, 0) is 11.6 Å². The molecule has 7 heteroatoms. The van der Waals surface area contributed by atoms with Crippen LogP contribution in [0.5, 0.6) is 0 Å². The summed E-state index contributed by atoms with van der Waals surface area (Å²) < 4.78 is 1.70. The van der Waals surface area contributed by atoms with Crippen molar-refractivity contribution in [2.45, 2.75) is 17.2 Å². The van der Waals surface area contributed by atoms with Crippen molar-refractivity contribution in [1.29, 1.82) is 0 Å². The molecule has 1 heterocycles. The minimum Gasteiger partial charge on any atom is -1.00 e. The second-order valence-corrected chi connectivity index (χ2v) is 7.87. The fraction of sp³-hybridized carbons (Fsp3) is 0.0833. The topological polar surface area (TPSA) is 64.1 Å². The van der Waals surface area contributed by atoms with Crippen molar-refractivity contribution < 1.29 is 31.3 Å². The van der Waals surface area contributed by atoms with Crippen molar-refractivity contribution in [3.8, 4) is 0 Å². The van der Waals surface area contributed by atoms with E-state index in [0.29, 0.717) is 10.9 Å². The molecule has 0 bridgehead atoms. The van der Waals surface area contributed by atoms with Crippen LogP contribution in [0, 0.1) is 10.1 Å². The molecule has 0 radical (unpaired) electrons. The predicted molar refractivity (Wildman–Crippen MR) is 118 cm³/mol. The normalized spacial score (nSPS) is 10.5. The smallest absolute Gasteiger partial charge is 0.283 e. The first-order valence-electron chi connectivity index (χ1n) is 9.47. The van der Waals surface area contributed by atoms with Crippen LogP contribution in [-0.2, 0) is 12.3 Å². The highest BCUT2D eigenvalue weighted by Crippen LogP contribution is 2.34. The van der Waals surface area contributed by atoms with Gasteiger partial charge in [0, 0.05) is 33.7 Å². The van der Waals surface area contributed by atoms with E-state index in [1.807, 2.05) is 42.5 Å². The quantitative estimate of drug-likeness (QED) is 0.130. The zero-order valence-electron chi connectivity index (χ0n) is 16.5. The first-order chi connectivity index (χ1) is 14.6. The Bertz CT molecular complexity index is 1220. The summed E-state index contributed by atoms with van der Waals surface area (Å²) in [6.45, 7) is 0.124. The number of benzene rings is 3. The second-order valence-electron chi connectivity index (χ2n) is 6.85. The maximum Gasteiger partial charge on any atom is 0.283 e. The van der Waals surface area contributed by atoms with E-state index >= 15 is 0 Å². The van der Waals surface area contributed by atoms with E-state index in [2.05, 4.69) is 12.1 Å². The van der Waals surface area contributed by atoms with Crippen LogP contribution in [0.4, 0.5) is 5.69 Å².